The number of rotatable bonds is 8. The Bertz CT molecular complexity index is 505. The van der Waals surface area contributed by atoms with Crippen molar-refractivity contribution in [2.24, 2.45) is 0 Å². The highest BCUT2D eigenvalue weighted by Gasteiger charge is 2.13. The van der Waals surface area contributed by atoms with E-state index in [0.29, 0.717) is 17.9 Å². The Morgan fingerprint density at radius 3 is 2.76 bits per heavy atom. The van der Waals surface area contributed by atoms with Crippen molar-refractivity contribution in [3.05, 3.63) is 33.9 Å². The van der Waals surface area contributed by atoms with Gasteiger partial charge in [-0.2, -0.15) is 0 Å². The van der Waals surface area contributed by atoms with Gasteiger partial charge in [0.1, 0.15) is 5.75 Å². The van der Waals surface area contributed by atoms with E-state index >= 15 is 0 Å². The topological polar surface area (TPSA) is 93.5 Å². The molecule has 1 atom stereocenters. The Kier molecular flexibility index (Phi) is 6.61. The highest BCUT2D eigenvalue weighted by Crippen LogP contribution is 2.24. The van der Waals surface area contributed by atoms with Gasteiger partial charge in [-0.1, -0.05) is 6.92 Å². The lowest BCUT2D eigenvalue weighted by atomic mass is 10.1. The smallest absolute Gasteiger partial charge is 0.270 e. The highest BCUT2D eigenvalue weighted by atomic mass is 16.6. The van der Waals surface area contributed by atoms with Gasteiger partial charge >= 0.3 is 0 Å². The number of non-ortho nitro benzene ring substituents is 1. The number of nitro benzene ring substituents is 1. The SMILES string of the molecule is CCC(C)NC(=O)COc1ccc([N+](=O)[O-])cc1CNC. The summed E-state index contributed by atoms with van der Waals surface area (Å²) in [6.45, 7) is 4.20. The summed E-state index contributed by atoms with van der Waals surface area (Å²) in [5, 5.41) is 16.5. The fourth-order valence-electron chi connectivity index (χ4n) is 1.71. The van der Waals surface area contributed by atoms with E-state index in [1.807, 2.05) is 13.8 Å². The maximum absolute atomic E-state index is 11.7. The van der Waals surface area contributed by atoms with Crippen molar-refractivity contribution in [1.29, 1.82) is 0 Å². The molecule has 0 saturated heterocycles. The van der Waals surface area contributed by atoms with Gasteiger partial charge in [-0.05, 0) is 26.5 Å². The predicted molar refractivity (Wildman–Crippen MR) is 79.3 cm³/mol. The summed E-state index contributed by atoms with van der Waals surface area (Å²) in [5.41, 5.74) is 0.639. The first-order valence-corrected chi connectivity index (χ1v) is 6.82. The molecule has 0 spiro atoms. The van der Waals surface area contributed by atoms with Gasteiger partial charge in [-0.15, -0.1) is 0 Å². The third-order valence-electron chi connectivity index (χ3n) is 3.00. The quantitative estimate of drug-likeness (QED) is 0.561. The zero-order chi connectivity index (χ0) is 15.8. The van der Waals surface area contributed by atoms with Crippen LogP contribution in [0.25, 0.3) is 0 Å². The second-order valence-corrected chi connectivity index (χ2v) is 4.74. The van der Waals surface area contributed by atoms with E-state index in [0.717, 1.165) is 6.42 Å². The van der Waals surface area contributed by atoms with Crippen LogP contribution in [-0.2, 0) is 11.3 Å². The fourth-order valence-corrected chi connectivity index (χ4v) is 1.71. The second-order valence-electron chi connectivity index (χ2n) is 4.74. The molecule has 1 rings (SSSR count). The lowest BCUT2D eigenvalue weighted by Gasteiger charge is -2.14. The van der Waals surface area contributed by atoms with Crippen molar-refractivity contribution < 1.29 is 14.5 Å². The molecule has 0 radical (unpaired) electrons. The van der Waals surface area contributed by atoms with E-state index < -0.39 is 4.92 Å². The van der Waals surface area contributed by atoms with Gasteiger partial charge in [0.05, 0.1) is 4.92 Å². The minimum Gasteiger partial charge on any atom is -0.483 e. The number of amides is 1. The molecule has 21 heavy (non-hydrogen) atoms. The average Bonchev–Trinajstić information content (AvgIpc) is 2.45. The number of nitrogens with one attached hydrogen (secondary N) is 2. The monoisotopic (exact) mass is 295 g/mol. The minimum absolute atomic E-state index is 0.00310. The first-order valence-electron chi connectivity index (χ1n) is 6.82. The van der Waals surface area contributed by atoms with Crippen molar-refractivity contribution in [1.82, 2.24) is 10.6 Å². The van der Waals surface area contributed by atoms with E-state index in [4.69, 9.17) is 4.74 Å². The number of benzene rings is 1. The summed E-state index contributed by atoms with van der Waals surface area (Å²) < 4.78 is 5.46. The van der Waals surface area contributed by atoms with Crippen LogP contribution in [0.1, 0.15) is 25.8 Å². The summed E-state index contributed by atoms with van der Waals surface area (Å²) in [6.07, 6.45) is 0.842. The second kappa shape index (κ2) is 8.21. The number of carbonyl (C=O) groups excluding carboxylic acids is 1. The zero-order valence-corrected chi connectivity index (χ0v) is 12.5. The molecule has 0 fully saturated rings. The molecule has 1 amide bonds. The molecular weight excluding hydrogens is 274 g/mol. The van der Waals surface area contributed by atoms with E-state index in [1.165, 1.54) is 18.2 Å². The molecule has 0 saturated carbocycles. The van der Waals surface area contributed by atoms with Gasteiger partial charge < -0.3 is 15.4 Å². The first-order chi connectivity index (χ1) is 9.97. The molecule has 1 unspecified atom stereocenters. The van der Waals surface area contributed by atoms with Gasteiger partial charge in [-0.3, -0.25) is 14.9 Å². The maximum atomic E-state index is 11.7. The molecule has 2 N–H and O–H groups in total. The van der Waals surface area contributed by atoms with Crippen LogP contribution >= 0.6 is 0 Å². The number of hydrogen-bond acceptors (Lipinski definition) is 5. The van der Waals surface area contributed by atoms with Gasteiger partial charge in [0.15, 0.2) is 6.61 Å². The van der Waals surface area contributed by atoms with E-state index in [9.17, 15) is 14.9 Å². The number of nitrogens with zero attached hydrogens (tertiary/aromatic N) is 1. The van der Waals surface area contributed by atoms with E-state index in [-0.39, 0.29) is 24.2 Å². The van der Waals surface area contributed by atoms with Crippen LogP contribution in [0.15, 0.2) is 18.2 Å². The lowest BCUT2D eigenvalue weighted by molar-refractivity contribution is -0.384. The van der Waals surface area contributed by atoms with Crippen molar-refractivity contribution in [3.63, 3.8) is 0 Å². The van der Waals surface area contributed by atoms with Crippen LogP contribution in [0.3, 0.4) is 0 Å². The molecular formula is C14H21N3O4. The van der Waals surface area contributed by atoms with Crippen LogP contribution in [0.2, 0.25) is 0 Å². The number of ether oxygens (including phenoxy) is 1. The highest BCUT2D eigenvalue weighted by molar-refractivity contribution is 5.77. The molecule has 116 valence electrons. The largest absolute Gasteiger partial charge is 0.483 e. The Morgan fingerprint density at radius 2 is 2.19 bits per heavy atom. The van der Waals surface area contributed by atoms with Gasteiger partial charge in [0.25, 0.3) is 11.6 Å². The van der Waals surface area contributed by atoms with E-state index in [1.54, 1.807) is 7.05 Å². The first kappa shape index (κ1) is 16.9. The number of carbonyl (C=O) groups is 1. The van der Waals surface area contributed by atoms with Crippen molar-refractivity contribution in [2.75, 3.05) is 13.7 Å². The van der Waals surface area contributed by atoms with Gasteiger partial charge in [0, 0.05) is 30.3 Å². The zero-order valence-electron chi connectivity index (χ0n) is 12.5. The summed E-state index contributed by atoms with van der Waals surface area (Å²) in [4.78, 5) is 22.0. The molecule has 1 aromatic rings. The minimum atomic E-state index is -0.460. The van der Waals surface area contributed by atoms with Crippen molar-refractivity contribution >= 4 is 11.6 Å². The molecule has 0 aliphatic heterocycles. The normalized spacial score (nSPS) is 11.8. The van der Waals surface area contributed by atoms with Crippen LogP contribution < -0.4 is 15.4 Å². The summed E-state index contributed by atoms with van der Waals surface area (Å²) in [6, 6.07) is 4.41. The lowest BCUT2D eigenvalue weighted by Crippen LogP contribution is -2.35. The third-order valence-corrected chi connectivity index (χ3v) is 3.00. The van der Waals surface area contributed by atoms with E-state index in [2.05, 4.69) is 10.6 Å². The Balaban J connectivity index is 2.73. The summed E-state index contributed by atoms with van der Waals surface area (Å²) in [7, 11) is 1.73. The van der Waals surface area contributed by atoms with Crippen LogP contribution in [0.4, 0.5) is 5.69 Å². The number of hydrogen-bond donors (Lipinski definition) is 2. The molecule has 7 nitrogen and oxygen atoms in total. The third kappa shape index (κ3) is 5.39. The van der Waals surface area contributed by atoms with Crippen molar-refractivity contribution in [2.45, 2.75) is 32.9 Å². The molecule has 0 aromatic heterocycles. The fraction of sp³-hybridized carbons (Fsp3) is 0.500. The van der Waals surface area contributed by atoms with Gasteiger partial charge in [0.2, 0.25) is 0 Å². The molecule has 0 aliphatic rings. The molecule has 7 heteroatoms. The average molecular weight is 295 g/mol. The number of nitro groups is 1. The Morgan fingerprint density at radius 1 is 1.48 bits per heavy atom. The Hall–Kier alpha value is -2.15. The molecule has 0 heterocycles. The molecule has 1 aromatic carbocycles. The van der Waals surface area contributed by atoms with Crippen LogP contribution in [0.5, 0.6) is 5.75 Å². The predicted octanol–water partition coefficient (Wildman–Crippen LogP) is 1.61. The van der Waals surface area contributed by atoms with Crippen LogP contribution in [0, 0.1) is 10.1 Å². The Labute approximate surface area is 123 Å². The summed E-state index contributed by atoms with van der Waals surface area (Å²) in [5.74, 6) is 0.257. The summed E-state index contributed by atoms with van der Waals surface area (Å²) >= 11 is 0. The van der Waals surface area contributed by atoms with Crippen molar-refractivity contribution in [3.8, 4) is 5.75 Å². The molecule has 0 aliphatic carbocycles. The maximum Gasteiger partial charge on any atom is 0.270 e. The molecule has 0 bridgehead atoms. The van der Waals surface area contributed by atoms with Gasteiger partial charge in [-0.25, -0.2) is 0 Å². The van der Waals surface area contributed by atoms with Crippen LogP contribution in [-0.4, -0.2) is 30.5 Å². The standard InChI is InChI=1S/C14H21N3O4/c1-4-10(2)16-14(18)9-21-13-6-5-12(17(19)20)7-11(13)8-15-3/h5-7,10,15H,4,8-9H2,1-3H3,(H,16,18).